The van der Waals surface area contributed by atoms with Crippen molar-refractivity contribution < 1.29 is 9.53 Å². The van der Waals surface area contributed by atoms with Gasteiger partial charge in [-0.1, -0.05) is 52.0 Å². The lowest BCUT2D eigenvalue weighted by atomic mass is 9.87. The van der Waals surface area contributed by atoms with Gasteiger partial charge in [-0.25, -0.2) is 0 Å². The predicted molar refractivity (Wildman–Crippen MR) is 95.1 cm³/mol. The topological polar surface area (TPSA) is 38.3 Å². The Balaban J connectivity index is 1.91. The van der Waals surface area contributed by atoms with Crippen LogP contribution in [-0.2, 0) is 16.6 Å². The molecule has 122 valence electrons. The van der Waals surface area contributed by atoms with Gasteiger partial charge in [-0.3, -0.25) is 4.79 Å². The van der Waals surface area contributed by atoms with Gasteiger partial charge in [-0.15, -0.1) is 0 Å². The second-order valence-electron chi connectivity index (χ2n) is 6.67. The van der Waals surface area contributed by atoms with Crippen LogP contribution in [0.1, 0.15) is 38.8 Å². The molecule has 1 amide bonds. The molecule has 0 spiro atoms. The van der Waals surface area contributed by atoms with E-state index >= 15 is 0 Å². The van der Waals surface area contributed by atoms with Crippen LogP contribution < -0.4 is 10.1 Å². The van der Waals surface area contributed by atoms with Crippen LogP contribution in [0, 0.1) is 0 Å². The van der Waals surface area contributed by atoms with Crippen LogP contribution in [0.15, 0.2) is 48.5 Å². The second kappa shape index (κ2) is 7.32. The van der Waals surface area contributed by atoms with Crippen molar-refractivity contribution in [2.24, 2.45) is 0 Å². The van der Waals surface area contributed by atoms with E-state index in [2.05, 4.69) is 39.1 Å². The maximum absolute atomic E-state index is 12.0. The highest BCUT2D eigenvalue weighted by Crippen LogP contribution is 2.25. The van der Waals surface area contributed by atoms with Crippen molar-refractivity contribution in [2.45, 2.75) is 39.5 Å². The third-order valence-electron chi connectivity index (χ3n) is 3.72. The van der Waals surface area contributed by atoms with Gasteiger partial charge in [0.05, 0.1) is 0 Å². The average molecular weight is 311 g/mol. The van der Waals surface area contributed by atoms with E-state index in [9.17, 15) is 4.79 Å². The first-order chi connectivity index (χ1) is 10.9. The zero-order chi connectivity index (χ0) is 16.9. The van der Waals surface area contributed by atoms with Crippen molar-refractivity contribution in [3.05, 3.63) is 59.7 Å². The number of benzene rings is 2. The summed E-state index contributed by atoms with van der Waals surface area (Å²) in [5, 5.41) is 2.84. The number of hydrogen-bond donors (Lipinski definition) is 1. The van der Waals surface area contributed by atoms with Gasteiger partial charge < -0.3 is 10.1 Å². The monoisotopic (exact) mass is 311 g/mol. The summed E-state index contributed by atoms with van der Waals surface area (Å²) in [6, 6.07) is 15.8. The van der Waals surface area contributed by atoms with Gasteiger partial charge in [-0.05, 0) is 47.2 Å². The second-order valence-corrected chi connectivity index (χ2v) is 6.67. The fourth-order valence-electron chi connectivity index (χ4n) is 2.22. The molecule has 0 heterocycles. The number of rotatable bonds is 5. The van der Waals surface area contributed by atoms with Gasteiger partial charge in [0.15, 0.2) is 6.61 Å². The molecule has 0 bridgehead atoms. The Labute approximate surface area is 138 Å². The summed E-state index contributed by atoms with van der Waals surface area (Å²) in [7, 11) is 0. The minimum Gasteiger partial charge on any atom is -0.484 e. The molecule has 0 aliphatic rings. The van der Waals surface area contributed by atoms with E-state index in [0.717, 1.165) is 12.1 Å². The number of anilines is 1. The number of amides is 1. The molecule has 0 radical (unpaired) electrons. The highest BCUT2D eigenvalue weighted by molar-refractivity contribution is 5.91. The Kier molecular flexibility index (Phi) is 5.43. The van der Waals surface area contributed by atoms with Crippen LogP contribution in [0.2, 0.25) is 0 Å². The summed E-state index contributed by atoms with van der Waals surface area (Å²) in [6.45, 7) is 8.56. The number of carbonyl (C=O) groups is 1. The Bertz CT molecular complexity index is 654. The minimum absolute atomic E-state index is 0.00310. The van der Waals surface area contributed by atoms with Gasteiger partial charge >= 0.3 is 0 Å². The summed E-state index contributed by atoms with van der Waals surface area (Å²) in [5.41, 5.74) is 3.28. The van der Waals surface area contributed by atoms with Gasteiger partial charge in [0.1, 0.15) is 5.75 Å². The summed E-state index contributed by atoms with van der Waals surface area (Å²) in [5.74, 6) is 0.560. The van der Waals surface area contributed by atoms with Crippen molar-refractivity contribution in [3.8, 4) is 5.75 Å². The molecule has 0 saturated heterocycles. The lowest BCUT2D eigenvalue weighted by Gasteiger charge is -2.19. The van der Waals surface area contributed by atoms with Gasteiger partial charge in [0, 0.05) is 5.69 Å². The molecule has 2 aromatic carbocycles. The van der Waals surface area contributed by atoms with E-state index in [0.29, 0.717) is 5.75 Å². The third kappa shape index (κ3) is 5.13. The molecular weight excluding hydrogens is 286 g/mol. The first-order valence-corrected chi connectivity index (χ1v) is 8.00. The normalized spacial score (nSPS) is 11.1. The zero-order valence-corrected chi connectivity index (χ0v) is 14.3. The molecule has 0 fully saturated rings. The summed E-state index contributed by atoms with van der Waals surface area (Å²) in [4.78, 5) is 12.0. The largest absolute Gasteiger partial charge is 0.484 e. The Morgan fingerprint density at radius 2 is 1.78 bits per heavy atom. The average Bonchev–Trinajstić information content (AvgIpc) is 2.53. The molecule has 0 saturated carbocycles. The smallest absolute Gasteiger partial charge is 0.262 e. The summed E-state index contributed by atoms with van der Waals surface area (Å²) < 4.78 is 5.61. The molecule has 23 heavy (non-hydrogen) atoms. The maximum Gasteiger partial charge on any atom is 0.262 e. The molecule has 0 unspecified atom stereocenters. The highest BCUT2D eigenvalue weighted by atomic mass is 16.5. The van der Waals surface area contributed by atoms with E-state index in [-0.39, 0.29) is 17.9 Å². The van der Waals surface area contributed by atoms with E-state index < -0.39 is 0 Å². The lowest BCUT2D eigenvalue weighted by Crippen LogP contribution is -2.20. The molecule has 3 nitrogen and oxygen atoms in total. The highest BCUT2D eigenvalue weighted by Gasteiger charge is 2.14. The van der Waals surface area contributed by atoms with Crippen LogP contribution in [0.5, 0.6) is 5.75 Å². The van der Waals surface area contributed by atoms with Gasteiger partial charge in [0.2, 0.25) is 0 Å². The molecule has 3 heteroatoms. The Morgan fingerprint density at radius 3 is 2.39 bits per heavy atom. The molecule has 0 aliphatic carbocycles. The zero-order valence-electron chi connectivity index (χ0n) is 14.3. The van der Waals surface area contributed by atoms with E-state index in [1.165, 1.54) is 11.1 Å². The fourth-order valence-corrected chi connectivity index (χ4v) is 2.22. The predicted octanol–water partition coefficient (Wildman–Crippen LogP) is 4.56. The van der Waals surface area contributed by atoms with Crippen LogP contribution in [-0.4, -0.2) is 12.5 Å². The molecule has 1 N–H and O–H groups in total. The number of carbonyl (C=O) groups excluding carboxylic acids is 1. The first-order valence-electron chi connectivity index (χ1n) is 8.00. The number of hydrogen-bond acceptors (Lipinski definition) is 2. The van der Waals surface area contributed by atoms with E-state index in [4.69, 9.17) is 4.74 Å². The first kappa shape index (κ1) is 17.1. The number of ether oxygens (including phenoxy) is 1. The van der Waals surface area contributed by atoms with Crippen molar-refractivity contribution in [2.75, 3.05) is 11.9 Å². The van der Waals surface area contributed by atoms with Gasteiger partial charge in [0.25, 0.3) is 5.91 Å². The Hall–Kier alpha value is -2.29. The quantitative estimate of drug-likeness (QED) is 0.879. The van der Waals surface area contributed by atoms with Crippen LogP contribution in [0.4, 0.5) is 5.69 Å². The summed E-state index contributed by atoms with van der Waals surface area (Å²) in [6.07, 6.45) is 0.988. The lowest BCUT2D eigenvalue weighted by molar-refractivity contribution is -0.118. The van der Waals surface area contributed by atoms with Crippen LogP contribution in [0.3, 0.4) is 0 Å². The van der Waals surface area contributed by atoms with E-state index in [1.54, 1.807) is 0 Å². The molecule has 2 aromatic rings. The third-order valence-corrected chi connectivity index (χ3v) is 3.72. The van der Waals surface area contributed by atoms with Crippen molar-refractivity contribution in [3.63, 3.8) is 0 Å². The number of nitrogens with one attached hydrogen (secondary N) is 1. The van der Waals surface area contributed by atoms with Gasteiger partial charge in [-0.2, -0.15) is 0 Å². The molecule has 0 atom stereocenters. The van der Waals surface area contributed by atoms with Crippen molar-refractivity contribution in [1.82, 2.24) is 0 Å². The van der Waals surface area contributed by atoms with Crippen LogP contribution >= 0.6 is 0 Å². The van der Waals surface area contributed by atoms with Crippen molar-refractivity contribution in [1.29, 1.82) is 0 Å². The molecule has 0 aliphatic heterocycles. The standard InChI is InChI=1S/C20H25NO2/c1-5-15-9-11-17(12-10-15)21-19(22)14-23-18-8-6-7-16(13-18)20(2,3)4/h6-13H,5,14H2,1-4H3,(H,21,22). The molecule has 0 aromatic heterocycles. The SMILES string of the molecule is CCc1ccc(NC(=O)COc2cccc(C(C)(C)C)c2)cc1. The van der Waals surface area contributed by atoms with Crippen molar-refractivity contribution >= 4 is 11.6 Å². The van der Waals surface area contributed by atoms with E-state index in [1.807, 2.05) is 42.5 Å². The van der Waals surface area contributed by atoms with Crippen LogP contribution in [0.25, 0.3) is 0 Å². The molecular formula is C20H25NO2. The minimum atomic E-state index is -0.157. The summed E-state index contributed by atoms with van der Waals surface area (Å²) >= 11 is 0. The molecule has 2 rings (SSSR count). The fraction of sp³-hybridized carbons (Fsp3) is 0.350. The maximum atomic E-state index is 12.0. The Morgan fingerprint density at radius 1 is 1.09 bits per heavy atom. The number of aryl methyl sites for hydroxylation is 1.